The maximum Gasteiger partial charge on any atom is 0.289 e. The van der Waals surface area contributed by atoms with E-state index in [9.17, 15) is 4.79 Å². The number of carbonyl (C=O) groups excluding carboxylic acids is 1. The molecule has 6 nitrogen and oxygen atoms in total. The number of ether oxygens (including phenoxy) is 2. The molecule has 2 saturated heterocycles. The molecule has 6 heteroatoms. The van der Waals surface area contributed by atoms with E-state index in [1.54, 1.807) is 12.1 Å². The topological polar surface area (TPSA) is 64.8 Å². The van der Waals surface area contributed by atoms with Gasteiger partial charge in [0.2, 0.25) is 0 Å². The van der Waals surface area contributed by atoms with Crippen molar-refractivity contribution in [2.45, 2.75) is 13.5 Å². The molecule has 2 aliphatic rings. The third-order valence-corrected chi connectivity index (χ3v) is 5.13. The van der Waals surface area contributed by atoms with E-state index in [0.29, 0.717) is 51.2 Å². The van der Waals surface area contributed by atoms with Crippen molar-refractivity contribution in [3.63, 3.8) is 0 Å². The van der Waals surface area contributed by atoms with E-state index < -0.39 is 0 Å². The minimum absolute atomic E-state index is 0.0564. The van der Waals surface area contributed by atoms with Crippen LogP contribution in [0.4, 0.5) is 0 Å². The molecule has 0 aromatic carbocycles. The minimum atomic E-state index is -0.133. The van der Waals surface area contributed by atoms with Gasteiger partial charge < -0.3 is 18.8 Å². The minimum Gasteiger partial charge on any atom is -0.459 e. The normalized spacial score (nSPS) is 25.3. The third kappa shape index (κ3) is 3.19. The fourth-order valence-electron chi connectivity index (χ4n) is 3.79. The molecule has 2 atom stereocenters. The van der Waals surface area contributed by atoms with Crippen LogP contribution in [0, 0.1) is 18.3 Å². The van der Waals surface area contributed by atoms with Gasteiger partial charge >= 0.3 is 0 Å². The molecule has 25 heavy (non-hydrogen) atoms. The van der Waals surface area contributed by atoms with Crippen LogP contribution in [-0.4, -0.2) is 48.7 Å². The Morgan fingerprint density at radius 2 is 2.32 bits per heavy atom. The molecular formula is C19H22N2O4. The Kier molecular flexibility index (Phi) is 4.31. The molecule has 132 valence electrons. The molecule has 0 aliphatic carbocycles. The summed E-state index contributed by atoms with van der Waals surface area (Å²) >= 11 is 0. The smallest absolute Gasteiger partial charge is 0.289 e. The Hall–Kier alpha value is -2.18. The van der Waals surface area contributed by atoms with Crippen LogP contribution in [-0.2, 0) is 16.1 Å². The number of aryl methyl sites for hydroxylation is 1. The number of rotatable bonds is 5. The first-order valence-electron chi connectivity index (χ1n) is 8.57. The van der Waals surface area contributed by atoms with Gasteiger partial charge in [0.1, 0.15) is 0 Å². The third-order valence-electron chi connectivity index (χ3n) is 5.13. The molecule has 4 heterocycles. The van der Waals surface area contributed by atoms with E-state index in [4.69, 9.17) is 13.9 Å². The van der Waals surface area contributed by atoms with Crippen LogP contribution in [0.25, 0.3) is 0 Å². The first-order chi connectivity index (χ1) is 12.2. The standard InChI is InChI=1S/C19H22N2O4/c1-14-4-2-5-16(20-14)10-24-13-19-11-21(8-15(19)9-23-12-19)18(22)17-6-3-7-25-17/h2-7,15H,8-13H2,1H3/t15-,19+/m0/s1. The molecule has 4 rings (SSSR count). The number of pyridine rings is 1. The molecule has 1 amide bonds. The quantitative estimate of drug-likeness (QED) is 0.834. The van der Waals surface area contributed by atoms with Gasteiger partial charge in [-0.25, -0.2) is 0 Å². The van der Waals surface area contributed by atoms with Gasteiger partial charge in [-0.15, -0.1) is 0 Å². The fourth-order valence-corrected chi connectivity index (χ4v) is 3.79. The maximum absolute atomic E-state index is 12.6. The summed E-state index contributed by atoms with van der Waals surface area (Å²) < 4.78 is 16.9. The largest absolute Gasteiger partial charge is 0.459 e. The van der Waals surface area contributed by atoms with Crippen LogP contribution >= 0.6 is 0 Å². The first kappa shape index (κ1) is 16.3. The second-order valence-electron chi connectivity index (χ2n) is 7.00. The number of hydrogen-bond donors (Lipinski definition) is 0. The maximum atomic E-state index is 12.6. The van der Waals surface area contributed by atoms with E-state index in [1.165, 1.54) is 6.26 Å². The molecule has 2 aromatic rings. The Balaban J connectivity index is 1.40. The summed E-state index contributed by atoms with van der Waals surface area (Å²) in [5.41, 5.74) is 1.78. The van der Waals surface area contributed by atoms with Crippen molar-refractivity contribution < 1.29 is 18.7 Å². The van der Waals surface area contributed by atoms with E-state index >= 15 is 0 Å². The Labute approximate surface area is 146 Å². The highest BCUT2D eigenvalue weighted by molar-refractivity contribution is 5.91. The highest BCUT2D eigenvalue weighted by atomic mass is 16.5. The lowest BCUT2D eigenvalue weighted by atomic mass is 9.82. The van der Waals surface area contributed by atoms with Gasteiger partial charge in [-0.05, 0) is 31.2 Å². The Bertz CT molecular complexity index is 746. The van der Waals surface area contributed by atoms with Crippen LogP contribution < -0.4 is 0 Å². The van der Waals surface area contributed by atoms with Crippen LogP contribution in [0.5, 0.6) is 0 Å². The average Bonchev–Trinajstić information content (AvgIpc) is 3.30. The van der Waals surface area contributed by atoms with Crippen LogP contribution in [0.1, 0.15) is 21.9 Å². The number of hydrogen-bond acceptors (Lipinski definition) is 5. The molecule has 0 saturated carbocycles. The van der Waals surface area contributed by atoms with Crippen molar-refractivity contribution >= 4 is 5.91 Å². The zero-order valence-electron chi connectivity index (χ0n) is 14.3. The van der Waals surface area contributed by atoms with Gasteiger partial charge in [0, 0.05) is 30.1 Å². The van der Waals surface area contributed by atoms with Crippen molar-refractivity contribution in [2.75, 3.05) is 32.9 Å². The van der Waals surface area contributed by atoms with Crippen molar-refractivity contribution in [2.24, 2.45) is 11.3 Å². The number of likely N-dealkylation sites (tertiary alicyclic amines) is 1. The van der Waals surface area contributed by atoms with Gasteiger partial charge in [-0.3, -0.25) is 9.78 Å². The lowest BCUT2D eigenvalue weighted by Gasteiger charge is -2.26. The first-order valence-corrected chi connectivity index (χ1v) is 8.57. The zero-order chi connectivity index (χ0) is 17.3. The van der Waals surface area contributed by atoms with E-state index in [2.05, 4.69) is 4.98 Å². The lowest BCUT2D eigenvalue weighted by Crippen LogP contribution is -2.37. The zero-order valence-corrected chi connectivity index (χ0v) is 14.3. The Morgan fingerprint density at radius 3 is 3.12 bits per heavy atom. The molecule has 2 fully saturated rings. The van der Waals surface area contributed by atoms with E-state index in [1.807, 2.05) is 30.0 Å². The van der Waals surface area contributed by atoms with Crippen molar-refractivity contribution in [1.82, 2.24) is 9.88 Å². The summed E-state index contributed by atoms with van der Waals surface area (Å²) in [6, 6.07) is 9.37. The number of furan rings is 1. The van der Waals surface area contributed by atoms with E-state index in [-0.39, 0.29) is 11.3 Å². The van der Waals surface area contributed by atoms with Gasteiger partial charge in [0.25, 0.3) is 5.91 Å². The summed E-state index contributed by atoms with van der Waals surface area (Å²) in [7, 11) is 0. The summed E-state index contributed by atoms with van der Waals surface area (Å²) in [5, 5.41) is 0. The van der Waals surface area contributed by atoms with Crippen molar-refractivity contribution in [1.29, 1.82) is 0 Å². The van der Waals surface area contributed by atoms with Gasteiger partial charge in [0.05, 0.1) is 38.4 Å². The second-order valence-corrected chi connectivity index (χ2v) is 7.00. The van der Waals surface area contributed by atoms with Gasteiger partial charge in [-0.2, -0.15) is 0 Å². The average molecular weight is 342 g/mol. The SMILES string of the molecule is Cc1cccc(COC[C@@]23COC[C@@H]2CN(C(=O)c2ccco2)C3)n1. The number of nitrogens with zero attached hydrogens (tertiary/aromatic N) is 2. The monoisotopic (exact) mass is 342 g/mol. The highest BCUT2D eigenvalue weighted by Crippen LogP contribution is 2.42. The van der Waals surface area contributed by atoms with Crippen molar-refractivity contribution in [3.05, 3.63) is 53.7 Å². The number of carbonyl (C=O) groups is 1. The summed E-state index contributed by atoms with van der Waals surface area (Å²) in [6.07, 6.45) is 1.53. The predicted octanol–water partition coefficient (Wildman–Crippen LogP) is 2.29. The summed E-state index contributed by atoms with van der Waals surface area (Å²) in [5.74, 6) is 0.636. The predicted molar refractivity (Wildman–Crippen MR) is 90.0 cm³/mol. The lowest BCUT2D eigenvalue weighted by molar-refractivity contribution is 0.0172. The molecule has 0 radical (unpaired) electrons. The summed E-state index contributed by atoms with van der Waals surface area (Å²) in [6.45, 7) is 5.63. The number of amides is 1. The van der Waals surface area contributed by atoms with Crippen molar-refractivity contribution in [3.8, 4) is 0 Å². The van der Waals surface area contributed by atoms with Crippen LogP contribution in [0.3, 0.4) is 0 Å². The Morgan fingerprint density at radius 1 is 1.40 bits per heavy atom. The molecule has 2 aliphatic heterocycles. The molecule has 2 aromatic heterocycles. The molecular weight excluding hydrogens is 320 g/mol. The molecule has 0 N–H and O–H groups in total. The fraction of sp³-hybridized carbons (Fsp3) is 0.474. The van der Waals surface area contributed by atoms with E-state index in [0.717, 1.165) is 11.4 Å². The molecule has 0 bridgehead atoms. The second kappa shape index (κ2) is 6.61. The molecule has 0 unspecified atom stereocenters. The molecule has 0 spiro atoms. The highest BCUT2D eigenvalue weighted by Gasteiger charge is 2.52. The van der Waals surface area contributed by atoms with Crippen LogP contribution in [0.2, 0.25) is 0 Å². The van der Waals surface area contributed by atoms with Gasteiger partial charge in [-0.1, -0.05) is 6.07 Å². The summed E-state index contributed by atoms with van der Waals surface area (Å²) in [4.78, 5) is 18.9. The number of aromatic nitrogens is 1. The van der Waals surface area contributed by atoms with Gasteiger partial charge in [0.15, 0.2) is 5.76 Å². The van der Waals surface area contributed by atoms with Crippen LogP contribution in [0.15, 0.2) is 41.0 Å². The number of fused-ring (bicyclic) bond motifs is 1.